The number of nitrogens with one attached hydrogen (secondary N) is 1. The fourth-order valence-corrected chi connectivity index (χ4v) is 1.47. The Bertz CT molecular complexity index is 357. The average Bonchev–Trinajstić information content (AvgIpc) is 2.14. The lowest BCUT2D eigenvalue weighted by Gasteiger charge is -2.04. The van der Waals surface area contributed by atoms with Gasteiger partial charge in [0.2, 0.25) is 0 Å². The molecule has 4 nitrogen and oxygen atoms in total. The molecule has 1 rings (SSSR count). The van der Waals surface area contributed by atoms with E-state index in [1.165, 1.54) is 0 Å². The third-order valence-electron chi connectivity index (χ3n) is 2.24. The molecule has 78 valence electrons. The number of hydrogen-bond acceptors (Lipinski definition) is 3. The fraction of sp³-hybridized carbons (Fsp3) is 0.600. The monoisotopic (exact) mass is 195 g/mol. The van der Waals surface area contributed by atoms with Gasteiger partial charge in [0.1, 0.15) is 5.82 Å². The second-order valence-corrected chi connectivity index (χ2v) is 3.32. The van der Waals surface area contributed by atoms with Gasteiger partial charge in [-0.2, -0.15) is 0 Å². The minimum atomic E-state index is -0.00739. The van der Waals surface area contributed by atoms with Crippen LogP contribution in [0.25, 0.3) is 0 Å². The molecule has 0 bridgehead atoms. The molecule has 0 amide bonds. The Kier molecular flexibility index (Phi) is 3.83. The summed E-state index contributed by atoms with van der Waals surface area (Å²) in [6.45, 7) is 4.46. The van der Waals surface area contributed by atoms with E-state index in [-0.39, 0.29) is 5.56 Å². The molecule has 1 heterocycles. The fourth-order valence-electron chi connectivity index (χ4n) is 1.47. The van der Waals surface area contributed by atoms with Crippen LogP contribution in [0.5, 0.6) is 0 Å². The molecule has 0 aliphatic heterocycles. The van der Waals surface area contributed by atoms with Crippen LogP contribution in [-0.4, -0.2) is 16.5 Å². The Morgan fingerprint density at radius 3 is 2.71 bits per heavy atom. The van der Waals surface area contributed by atoms with E-state index in [4.69, 9.17) is 5.73 Å². The smallest absolute Gasteiger partial charge is 0.254 e. The van der Waals surface area contributed by atoms with Gasteiger partial charge in [-0.15, -0.1) is 0 Å². The number of nitrogens with zero attached hydrogens (tertiary/aromatic N) is 1. The van der Waals surface area contributed by atoms with Gasteiger partial charge >= 0.3 is 0 Å². The van der Waals surface area contributed by atoms with Crippen molar-refractivity contribution in [3.05, 3.63) is 27.4 Å². The third-order valence-corrected chi connectivity index (χ3v) is 2.24. The molecular weight excluding hydrogens is 178 g/mol. The molecule has 0 aromatic carbocycles. The third kappa shape index (κ3) is 2.42. The van der Waals surface area contributed by atoms with Crippen molar-refractivity contribution in [2.75, 3.05) is 6.54 Å². The molecule has 0 radical (unpaired) electrons. The zero-order valence-electron chi connectivity index (χ0n) is 8.76. The zero-order valence-corrected chi connectivity index (χ0v) is 8.76. The normalized spacial score (nSPS) is 10.5. The first-order valence-corrected chi connectivity index (χ1v) is 4.97. The van der Waals surface area contributed by atoms with Gasteiger partial charge in [0.05, 0.1) is 0 Å². The van der Waals surface area contributed by atoms with Crippen LogP contribution in [0.1, 0.15) is 30.4 Å². The van der Waals surface area contributed by atoms with Crippen LogP contribution in [0.15, 0.2) is 4.79 Å². The van der Waals surface area contributed by atoms with Gasteiger partial charge in [0.25, 0.3) is 5.56 Å². The van der Waals surface area contributed by atoms with Gasteiger partial charge in [-0.1, -0.05) is 6.92 Å². The maximum Gasteiger partial charge on any atom is 0.254 e. The number of H-pyrrole nitrogens is 1. The van der Waals surface area contributed by atoms with E-state index >= 15 is 0 Å². The van der Waals surface area contributed by atoms with Crippen LogP contribution >= 0.6 is 0 Å². The van der Waals surface area contributed by atoms with E-state index in [1.54, 1.807) is 0 Å². The van der Waals surface area contributed by atoms with Gasteiger partial charge in [-0.05, 0) is 26.3 Å². The molecule has 4 heteroatoms. The molecule has 0 spiro atoms. The summed E-state index contributed by atoms with van der Waals surface area (Å²) in [5.74, 6) is 0.746. The number of rotatable bonds is 4. The lowest BCUT2D eigenvalue weighted by molar-refractivity contribution is 0.761. The number of aromatic amines is 1. The van der Waals surface area contributed by atoms with Crippen molar-refractivity contribution in [1.82, 2.24) is 9.97 Å². The molecular formula is C10H17N3O. The van der Waals surface area contributed by atoms with Crippen LogP contribution in [0.4, 0.5) is 0 Å². The summed E-state index contributed by atoms with van der Waals surface area (Å²) < 4.78 is 0. The van der Waals surface area contributed by atoms with Crippen LogP contribution < -0.4 is 11.3 Å². The van der Waals surface area contributed by atoms with Crippen LogP contribution in [0, 0.1) is 6.92 Å². The van der Waals surface area contributed by atoms with Crippen molar-refractivity contribution >= 4 is 0 Å². The van der Waals surface area contributed by atoms with Crippen LogP contribution in [0.2, 0.25) is 0 Å². The van der Waals surface area contributed by atoms with Crippen molar-refractivity contribution < 1.29 is 0 Å². The highest BCUT2D eigenvalue weighted by atomic mass is 16.1. The van der Waals surface area contributed by atoms with E-state index in [1.807, 2.05) is 13.8 Å². The summed E-state index contributed by atoms with van der Waals surface area (Å²) in [5.41, 5.74) is 7.00. The quantitative estimate of drug-likeness (QED) is 0.736. The summed E-state index contributed by atoms with van der Waals surface area (Å²) in [6.07, 6.45) is 2.33. The highest BCUT2D eigenvalue weighted by Gasteiger charge is 2.05. The first-order valence-electron chi connectivity index (χ1n) is 4.97. The van der Waals surface area contributed by atoms with Crippen LogP contribution in [-0.2, 0) is 12.8 Å². The summed E-state index contributed by atoms with van der Waals surface area (Å²) in [4.78, 5) is 18.6. The Morgan fingerprint density at radius 2 is 2.21 bits per heavy atom. The summed E-state index contributed by atoms with van der Waals surface area (Å²) in [5, 5.41) is 0. The topological polar surface area (TPSA) is 71.8 Å². The minimum absolute atomic E-state index is 0.00739. The second kappa shape index (κ2) is 4.91. The Labute approximate surface area is 83.6 Å². The van der Waals surface area contributed by atoms with E-state index in [2.05, 4.69) is 9.97 Å². The molecule has 0 saturated heterocycles. The maximum absolute atomic E-state index is 11.5. The van der Waals surface area contributed by atoms with Crippen molar-refractivity contribution in [3.63, 3.8) is 0 Å². The van der Waals surface area contributed by atoms with E-state index in [0.717, 1.165) is 36.3 Å². The molecule has 14 heavy (non-hydrogen) atoms. The lowest BCUT2D eigenvalue weighted by Crippen LogP contribution is -2.19. The molecule has 0 unspecified atom stereocenters. The SMILES string of the molecule is CCc1c(C)nc(CCCN)[nH]c1=O. The average molecular weight is 195 g/mol. The van der Waals surface area contributed by atoms with Gasteiger partial charge in [0, 0.05) is 17.7 Å². The van der Waals surface area contributed by atoms with E-state index < -0.39 is 0 Å². The summed E-state index contributed by atoms with van der Waals surface area (Å²) in [6, 6.07) is 0. The standard InChI is InChI=1S/C10H17N3O/c1-3-8-7(2)12-9(5-4-6-11)13-10(8)14/h3-6,11H2,1-2H3,(H,12,13,14). The highest BCUT2D eigenvalue weighted by Crippen LogP contribution is 2.01. The van der Waals surface area contributed by atoms with Crippen molar-refractivity contribution in [1.29, 1.82) is 0 Å². The van der Waals surface area contributed by atoms with Gasteiger partial charge in [-0.3, -0.25) is 4.79 Å². The van der Waals surface area contributed by atoms with E-state index in [0.29, 0.717) is 6.54 Å². The molecule has 0 aliphatic rings. The predicted molar refractivity (Wildman–Crippen MR) is 56.3 cm³/mol. The molecule has 3 N–H and O–H groups in total. The largest absolute Gasteiger partial charge is 0.330 e. The minimum Gasteiger partial charge on any atom is -0.330 e. The summed E-state index contributed by atoms with van der Waals surface area (Å²) >= 11 is 0. The number of aromatic nitrogens is 2. The maximum atomic E-state index is 11.5. The molecule has 0 aliphatic carbocycles. The first-order chi connectivity index (χ1) is 6.69. The van der Waals surface area contributed by atoms with Gasteiger partial charge in [0.15, 0.2) is 0 Å². The number of nitrogens with two attached hydrogens (primary N) is 1. The van der Waals surface area contributed by atoms with Crippen molar-refractivity contribution in [2.24, 2.45) is 5.73 Å². The van der Waals surface area contributed by atoms with Crippen molar-refractivity contribution in [3.8, 4) is 0 Å². The molecule has 0 saturated carbocycles. The van der Waals surface area contributed by atoms with Crippen molar-refractivity contribution in [2.45, 2.75) is 33.1 Å². The Hall–Kier alpha value is -1.16. The Balaban J connectivity index is 2.96. The molecule has 0 fully saturated rings. The molecule has 1 aromatic rings. The number of hydrogen-bond donors (Lipinski definition) is 2. The zero-order chi connectivity index (χ0) is 10.6. The Morgan fingerprint density at radius 1 is 1.50 bits per heavy atom. The predicted octanol–water partition coefficient (Wildman–Crippen LogP) is 0.532. The molecule has 1 aromatic heterocycles. The second-order valence-electron chi connectivity index (χ2n) is 3.32. The number of aryl methyl sites for hydroxylation is 2. The van der Waals surface area contributed by atoms with Gasteiger partial charge < -0.3 is 10.7 Å². The highest BCUT2D eigenvalue weighted by molar-refractivity contribution is 5.16. The van der Waals surface area contributed by atoms with Gasteiger partial charge in [-0.25, -0.2) is 4.98 Å². The summed E-state index contributed by atoms with van der Waals surface area (Å²) in [7, 11) is 0. The van der Waals surface area contributed by atoms with Crippen LogP contribution in [0.3, 0.4) is 0 Å². The first kappa shape index (κ1) is 10.9. The molecule has 0 atom stereocenters. The van der Waals surface area contributed by atoms with E-state index in [9.17, 15) is 4.79 Å². The lowest BCUT2D eigenvalue weighted by atomic mass is 10.2.